The average Bonchev–Trinajstić information content (AvgIpc) is 2.89. The number of aromatic nitrogens is 1. The summed E-state index contributed by atoms with van der Waals surface area (Å²) in [7, 11) is 0. The lowest BCUT2D eigenvalue weighted by Crippen LogP contribution is -2.20. The van der Waals surface area contributed by atoms with Crippen molar-refractivity contribution < 1.29 is 0 Å². The second kappa shape index (κ2) is 6.08. The Morgan fingerprint density at radius 3 is 2.27 bits per heavy atom. The van der Waals surface area contributed by atoms with Gasteiger partial charge in [0, 0.05) is 28.1 Å². The number of rotatable bonds is 1. The Balaban J connectivity index is 1.58. The summed E-state index contributed by atoms with van der Waals surface area (Å²) in [4.78, 5) is 7.31. The second-order valence-electron chi connectivity index (χ2n) is 8.84. The fourth-order valence-corrected chi connectivity index (χ4v) is 5.76. The van der Waals surface area contributed by atoms with Crippen LogP contribution in [0, 0.1) is 0 Å². The quantitative estimate of drug-likeness (QED) is 0.266. The van der Waals surface area contributed by atoms with Crippen molar-refractivity contribution in [1.29, 1.82) is 0 Å². The number of anilines is 3. The van der Waals surface area contributed by atoms with Crippen molar-refractivity contribution >= 4 is 38.7 Å². The summed E-state index contributed by atoms with van der Waals surface area (Å²) < 4.78 is 0. The van der Waals surface area contributed by atoms with Gasteiger partial charge in [-0.05, 0) is 63.4 Å². The van der Waals surface area contributed by atoms with Gasteiger partial charge in [0.15, 0.2) is 0 Å². The Bertz CT molecular complexity index is 1760. The third-order valence-electron chi connectivity index (χ3n) is 7.12. The van der Waals surface area contributed by atoms with Crippen LogP contribution in [0.4, 0.5) is 17.2 Å². The average molecular weight is 418 g/mol. The molecule has 6 aromatic rings. The minimum atomic E-state index is 1.01. The van der Waals surface area contributed by atoms with Crippen LogP contribution in [-0.2, 0) is 0 Å². The molecule has 0 amide bonds. The largest absolute Gasteiger partial charge is 0.293 e. The van der Waals surface area contributed by atoms with Crippen molar-refractivity contribution in [3.63, 3.8) is 0 Å². The van der Waals surface area contributed by atoms with Crippen LogP contribution >= 0.6 is 0 Å². The summed E-state index contributed by atoms with van der Waals surface area (Å²) >= 11 is 0. The fraction of sp³-hybridized carbons (Fsp3) is 0. The van der Waals surface area contributed by atoms with Crippen LogP contribution in [0.3, 0.4) is 0 Å². The van der Waals surface area contributed by atoms with E-state index >= 15 is 0 Å². The van der Waals surface area contributed by atoms with E-state index in [0.717, 1.165) is 5.82 Å². The van der Waals surface area contributed by atoms with Gasteiger partial charge in [0.1, 0.15) is 5.82 Å². The van der Waals surface area contributed by atoms with E-state index in [-0.39, 0.29) is 0 Å². The molecular formula is C31H18N2. The number of pyridine rings is 1. The third-order valence-corrected chi connectivity index (χ3v) is 7.12. The van der Waals surface area contributed by atoms with Crippen molar-refractivity contribution in [2.75, 3.05) is 4.90 Å². The van der Waals surface area contributed by atoms with Gasteiger partial charge < -0.3 is 0 Å². The minimum Gasteiger partial charge on any atom is -0.293 e. The molecule has 0 bridgehead atoms. The highest BCUT2D eigenvalue weighted by Gasteiger charge is 2.34. The standard InChI is InChI=1S/C31H18N2/c1-2-7-19(8-3-1)22-17-21-14-15-24-23-11-4-9-20-10-5-13-27(28(20)23)33-30(24)29(21)26(18-22)25-12-6-16-32-31(25)33/h1-18H. The van der Waals surface area contributed by atoms with E-state index in [0.29, 0.717) is 0 Å². The Labute approximate surface area is 191 Å². The molecule has 0 aliphatic carbocycles. The van der Waals surface area contributed by atoms with Crippen molar-refractivity contribution in [3.05, 3.63) is 109 Å². The van der Waals surface area contributed by atoms with Gasteiger partial charge in [-0.1, -0.05) is 72.8 Å². The normalized spacial score (nSPS) is 12.8. The molecule has 2 aliphatic heterocycles. The zero-order valence-electron chi connectivity index (χ0n) is 17.8. The molecule has 0 N–H and O–H groups in total. The van der Waals surface area contributed by atoms with E-state index in [1.165, 1.54) is 66.3 Å². The van der Waals surface area contributed by atoms with Crippen LogP contribution in [0.1, 0.15) is 0 Å². The Morgan fingerprint density at radius 2 is 1.36 bits per heavy atom. The highest BCUT2D eigenvalue weighted by molar-refractivity contribution is 6.24. The van der Waals surface area contributed by atoms with E-state index in [4.69, 9.17) is 4.98 Å². The van der Waals surface area contributed by atoms with Gasteiger partial charge >= 0.3 is 0 Å². The van der Waals surface area contributed by atoms with E-state index in [9.17, 15) is 0 Å². The van der Waals surface area contributed by atoms with Crippen LogP contribution in [0.2, 0.25) is 0 Å². The van der Waals surface area contributed by atoms with Gasteiger partial charge in [0.05, 0.1) is 11.4 Å². The summed E-state index contributed by atoms with van der Waals surface area (Å²) in [6, 6.07) is 37.4. The molecule has 1 aromatic heterocycles. The predicted octanol–water partition coefficient (Wildman–Crippen LogP) is 8.49. The molecule has 0 radical (unpaired) electrons. The predicted molar refractivity (Wildman–Crippen MR) is 137 cm³/mol. The maximum absolute atomic E-state index is 4.92. The molecule has 3 heterocycles. The fourth-order valence-electron chi connectivity index (χ4n) is 5.76. The molecule has 0 unspecified atom stereocenters. The molecular weight excluding hydrogens is 400 g/mol. The molecule has 2 aliphatic rings. The van der Waals surface area contributed by atoms with Crippen molar-refractivity contribution in [3.8, 4) is 33.4 Å². The van der Waals surface area contributed by atoms with Crippen LogP contribution in [-0.4, -0.2) is 4.98 Å². The Morgan fingerprint density at radius 1 is 0.515 bits per heavy atom. The van der Waals surface area contributed by atoms with Crippen LogP contribution < -0.4 is 4.90 Å². The van der Waals surface area contributed by atoms with E-state index < -0.39 is 0 Å². The van der Waals surface area contributed by atoms with Crippen molar-refractivity contribution in [1.82, 2.24) is 4.98 Å². The van der Waals surface area contributed by atoms with Gasteiger partial charge in [-0.3, -0.25) is 4.90 Å². The number of hydrogen-bond acceptors (Lipinski definition) is 2. The van der Waals surface area contributed by atoms with Crippen LogP contribution in [0.5, 0.6) is 0 Å². The smallest absolute Gasteiger partial charge is 0.145 e. The molecule has 0 spiro atoms. The molecule has 8 rings (SSSR count). The van der Waals surface area contributed by atoms with Gasteiger partial charge in [-0.2, -0.15) is 0 Å². The summed E-state index contributed by atoms with van der Waals surface area (Å²) in [5.74, 6) is 1.01. The molecule has 5 aromatic carbocycles. The van der Waals surface area contributed by atoms with Gasteiger partial charge in [-0.25, -0.2) is 4.98 Å². The molecule has 2 heteroatoms. The number of benzene rings is 5. The highest BCUT2D eigenvalue weighted by Crippen LogP contribution is 2.58. The maximum atomic E-state index is 4.92. The van der Waals surface area contributed by atoms with E-state index in [2.05, 4.69) is 102 Å². The first-order valence-electron chi connectivity index (χ1n) is 11.3. The van der Waals surface area contributed by atoms with Crippen molar-refractivity contribution in [2.24, 2.45) is 0 Å². The molecule has 2 nitrogen and oxygen atoms in total. The van der Waals surface area contributed by atoms with Gasteiger partial charge in [0.2, 0.25) is 0 Å². The SMILES string of the molecule is c1ccc(-c2cc3c4c5c(ccc4c2)-c2cccc4cccc(c24)N5c2ncccc2-3)cc1. The second-order valence-corrected chi connectivity index (χ2v) is 8.84. The van der Waals surface area contributed by atoms with Crippen LogP contribution in [0.15, 0.2) is 109 Å². The highest BCUT2D eigenvalue weighted by atomic mass is 15.2. The lowest BCUT2D eigenvalue weighted by atomic mass is 9.83. The van der Waals surface area contributed by atoms with Crippen molar-refractivity contribution in [2.45, 2.75) is 0 Å². The summed E-state index contributed by atoms with van der Waals surface area (Å²) in [6.45, 7) is 0. The number of nitrogens with zero attached hydrogens (tertiary/aromatic N) is 2. The first-order chi connectivity index (χ1) is 16.4. The zero-order chi connectivity index (χ0) is 21.5. The first kappa shape index (κ1) is 17.2. The monoisotopic (exact) mass is 418 g/mol. The Hall–Kier alpha value is -4.43. The van der Waals surface area contributed by atoms with Crippen LogP contribution in [0.25, 0.3) is 54.9 Å². The molecule has 152 valence electrons. The molecule has 0 atom stereocenters. The van der Waals surface area contributed by atoms with E-state index in [1.807, 2.05) is 12.3 Å². The molecule has 0 fully saturated rings. The summed E-state index contributed by atoms with van der Waals surface area (Å²) in [5.41, 5.74) is 9.94. The van der Waals surface area contributed by atoms with Gasteiger partial charge in [0.25, 0.3) is 0 Å². The number of hydrogen-bond donors (Lipinski definition) is 0. The maximum Gasteiger partial charge on any atom is 0.145 e. The topological polar surface area (TPSA) is 16.1 Å². The molecule has 33 heavy (non-hydrogen) atoms. The molecule has 0 saturated heterocycles. The Kier molecular flexibility index (Phi) is 3.16. The number of fused-ring (bicyclic) bond motifs is 5. The first-order valence-corrected chi connectivity index (χ1v) is 11.3. The lowest BCUT2D eigenvalue weighted by Gasteiger charge is -2.38. The minimum absolute atomic E-state index is 1.01. The van der Waals surface area contributed by atoms with E-state index in [1.54, 1.807) is 0 Å². The zero-order valence-corrected chi connectivity index (χ0v) is 17.8. The lowest BCUT2D eigenvalue weighted by molar-refractivity contribution is 1.18. The summed E-state index contributed by atoms with van der Waals surface area (Å²) in [6.07, 6.45) is 1.91. The molecule has 0 saturated carbocycles. The third kappa shape index (κ3) is 2.15. The van der Waals surface area contributed by atoms with Gasteiger partial charge in [-0.15, -0.1) is 0 Å². The summed E-state index contributed by atoms with van der Waals surface area (Å²) in [5, 5.41) is 5.13.